The van der Waals surface area contributed by atoms with Gasteiger partial charge in [0, 0.05) is 0 Å². The van der Waals surface area contributed by atoms with Crippen molar-refractivity contribution in [1.82, 2.24) is 4.90 Å². The highest BCUT2D eigenvalue weighted by Crippen LogP contribution is 2.35. The average Bonchev–Trinajstić information content (AvgIpc) is 3.13. The van der Waals surface area contributed by atoms with Crippen molar-refractivity contribution in [1.29, 1.82) is 0 Å². The third kappa shape index (κ3) is 5.32. The molecule has 0 bridgehead atoms. The molecule has 0 aromatic heterocycles. The third-order valence-electron chi connectivity index (χ3n) is 5.71. The predicted octanol–water partition coefficient (Wildman–Crippen LogP) is 8.72. The number of thioether (sulfide) groups is 1. The van der Waals surface area contributed by atoms with Gasteiger partial charge in [0.05, 0.1) is 26.0 Å². The van der Waals surface area contributed by atoms with E-state index in [0.717, 1.165) is 43.7 Å². The van der Waals surface area contributed by atoms with E-state index in [1.54, 1.807) is 18.2 Å². The molecule has 0 spiro atoms. The number of nitrogens with zero attached hydrogens (tertiary/aromatic N) is 1. The summed E-state index contributed by atoms with van der Waals surface area (Å²) in [5.41, 5.74) is 2.60. The van der Waals surface area contributed by atoms with Gasteiger partial charge in [0.1, 0.15) is 12.4 Å². The van der Waals surface area contributed by atoms with Crippen molar-refractivity contribution in [3.8, 4) is 5.75 Å². The van der Waals surface area contributed by atoms with E-state index in [9.17, 15) is 9.59 Å². The summed E-state index contributed by atoms with van der Waals surface area (Å²) in [6, 6.07) is 24.7. The monoisotopic (exact) mass is 597 g/mol. The Balaban J connectivity index is 1.30. The molecule has 36 heavy (non-hydrogen) atoms. The van der Waals surface area contributed by atoms with Crippen molar-refractivity contribution in [2.45, 2.75) is 13.2 Å². The van der Waals surface area contributed by atoms with Crippen LogP contribution in [0.3, 0.4) is 0 Å². The number of fused-ring (bicyclic) bond motifs is 1. The van der Waals surface area contributed by atoms with Crippen LogP contribution in [-0.2, 0) is 17.9 Å². The normalized spacial score (nSPS) is 14.8. The van der Waals surface area contributed by atoms with E-state index in [1.807, 2.05) is 66.7 Å². The molecule has 1 aliphatic rings. The largest absolute Gasteiger partial charge is 0.488 e. The topological polar surface area (TPSA) is 46.6 Å². The Morgan fingerprint density at radius 2 is 1.72 bits per heavy atom. The van der Waals surface area contributed by atoms with Gasteiger partial charge in [-0.05, 0) is 85.5 Å². The lowest BCUT2D eigenvalue weighted by Crippen LogP contribution is -2.27. The Kier molecular flexibility index (Phi) is 7.39. The van der Waals surface area contributed by atoms with E-state index in [0.29, 0.717) is 27.3 Å². The zero-order valence-corrected chi connectivity index (χ0v) is 22.6. The molecule has 4 aromatic carbocycles. The third-order valence-corrected chi connectivity index (χ3v) is 7.98. The highest BCUT2D eigenvalue weighted by Gasteiger charge is 2.35. The Labute approximate surface area is 231 Å². The smallest absolute Gasteiger partial charge is 0.293 e. The molecule has 0 N–H and O–H groups in total. The Morgan fingerprint density at radius 1 is 0.917 bits per heavy atom. The van der Waals surface area contributed by atoms with E-state index >= 15 is 0 Å². The molecular weight excluding hydrogens is 581 g/mol. The van der Waals surface area contributed by atoms with E-state index in [1.165, 1.54) is 4.90 Å². The van der Waals surface area contributed by atoms with Crippen molar-refractivity contribution in [3.05, 3.63) is 115 Å². The second-order valence-electron chi connectivity index (χ2n) is 8.13. The Bertz CT molecular complexity index is 1530. The highest BCUT2D eigenvalue weighted by atomic mass is 79.9. The number of carbonyl (C=O) groups excluding carboxylic acids is 2. The summed E-state index contributed by atoms with van der Waals surface area (Å²) in [5.74, 6) is 0.344. The lowest BCUT2D eigenvalue weighted by molar-refractivity contribution is -0.123. The number of halogens is 3. The first kappa shape index (κ1) is 24.9. The van der Waals surface area contributed by atoms with Crippen LogP contribution in [-0.4, -0.2) is 16.0 Å². The minimum Gasteiger partial charge on any atom is -0.488 e. The van der Waals surface area contributed by atoms with Crippen LogP contribution < -0.4 is 4.74 Å². The highest BCUT2D eigenvalue weighted by molar-refractivity contribution is 9.10. The van der Waals surface area contributed by atoms with Crippen LogP contribution >= 0.6 is 50.9 Å². The number of imide groups is 1. The molecule has 0 aliphatic carbocycles. The molecule has 5 rings (SSSR count). The maximum Gasteiger partial charge on any atom is 0.293 e. The van der Waals surface area contributed by atoms with Gasteiger partial charge in [-0.25, -0.2) is 0 Å². The van der Waals surface area contributed by atoms with E-state index < -0.39 is 0 Å². The molecule has 4 nitrogen and oxygen atoms in total. The van der Waals surface area contributed by atoms with Crippen LogP contribution in [0.5, 0.6) is 5.75 Å². The lowest BCUT2D eigenvalue weighted by atomic mass is 10.0. The number of benzene rings is 4. The molecule has 1 saturated heterocycles. The summed E-state index contributed by atoms with van der Waals surface area (Å²) >= 11 is 16.5. The van der Waals surface area contributed by atoms with Crippen molar-refractivity contribution >= 4 is 78.9 Å². The second kappa shape index (κ2) is 10.7. The lowest BCUT2D eigenvalue weighted by Gasteiger charge is -2.14. The molecule has 0 unspecified atom stereocenters. The fourth-order valence-corrected chi connectivity index (χ4v) is 5.57. The molecule has 4 aromatic rings. The SMILES string of the molecule is O=C1S/C(=C/c2ccc(OCc3ccc(Cl)c(Cl)c3)c(Br)c2)C(=O)N1Cc1cccc2ccccc12. The van der Waals surface area contributed by atoms with Crippen molar-refractivity contribution in [2.24, 2.45) is 0 Å². The summed E-state index contributed by atoms with van der Waals surface area (Å²) in [4.78, 5) is 27.5. The van der Waals surface area contributed by atoms with Gasteiger partial charge >= 0.3 is 0 Å². The first-order valence-electron chi connectivity index (χ1n) is 11.0. The van der Waals surface area contributed by atoms with E-state index in [4.69, 9.17) is 27.9 Å². The van der Waals surface area contributed by atoms with Gasteiger partial charge in [-0.15, -0.1) is 0 Å². The molecular formula is C28H18BrCl2NO3S. The maximum atomic E-state index is 13.1. The number of hydrogen-bond donors (Lipinski definition) is 0. The van der Waals surface area contributed by atoms with Crippen LogP contribution in [0.15, 0.2) is 88.2 Å². The Morgan fingerprint density at radius 3 is 2.53 bits per heavy atom. The van der Waals surface area contributed by atoms with Crippen LogP contribution in [0.1, 0.15) is 16.7 Å². The zero-order valence-electron chi connectivity index (χ0n) is 18.7. The van der Waals surface area contributed by atoms with Gasteiger partial charge in [0.25, 0.3) is 11.1 Å². The van der Waals surface area contributed by atoms with Gasteiger partial charge in [0.2, 0.25) is 0 Å². The molecule has 2 amide bonds. The maximum absolute atomic E-state index is 13.1. The number of carbonyl (C=O) groups is 2. The molecule has 180 valence electrons. The molecule has 1 aliphatic heterocycles. The summed E-state index contributed by atoms with van der Waals surface area (Å²) in [6.07, 6.45) is 1.72. The number of rotatable bonds is 6. The van der Waals surface area contributed by atoms with E-state index in [-0.39, 0.29) is 17.7 Å². The van der Waals surface area contributed by atoms with Crippen molar-refractivity contribution < 1.29 is 14.3 Å². The second-order valence-corrected chi connectivity index (χ2v) is 10.8. The standard InChI is InChI=1S/C28H18BrCl2NO3S/c29-22-12-17(9-11-25(22)35-16-18-8-10-23(30)24(31)13-18)14-26-27(33)32(28(34)36-26)15-20-6-3-5-19-4-1-2-7-21(19)20/h1-14H,15-16H2/b26-14+. The summed E-state index contributed by atoms with van der Waals surface area (Å²) < 4.78 is 6.62. The van der Waals surface area contributed by atoms with Crippen molar-refractivity contribution in [3.63, 3.8) is 0 Å². The van der Waals surface area contributed by atoms with Gasteiger partial charge in [-0.3, -0.25) is 14.5 Å². The molecule has 0 atom stereocenters. The number of hydrogen-bond acceptors (Lipinski definition) is 4. The summed E-state index contributed by atoms with van der Waals surface area (Å²) in [6.45, 7) is 0.552. The summed E-state index contributed by atoms with van der Waals surface area (Å²) in [5, 5.41) is 2.79. The van der Waals surface area contributed by atoms with Crippen LogP contribution in [0.4, 0.5) is 4.79 Å². The minimum atomic E-state index is -0.297. The summed E-state index contributed by atoms with van der Waals surface area (Å²) in [7, 11) is 0. The quantitative estimate of drug-likeness (QED) is 0.208. The van der Waals surface area contributed by atoms with E-state index in [2.05, 4.69) is 15.9 Å². The zero-order chi connectivity index (χ0) is 25.2. The fraction of sp³-hybridized carbons (Fsp3) is 0.0714. The molecule has 8 heteroatoms. The van der Waals surface area contributed by atoms with Gasteiger partial charge < -0.3 is 4.74 Å². The van der Waals surface area contributed by atoms with Crippen molar-refractivity contribution in [2.75, 3.05) is 0 Å². The first-order valence-corrected chi connectivity index (χ1v) is 13.3. The predicted molar refractivity (Wildman–Crippen MR) is 150 cm³/mol. The van der Waals surface area contributed by atoms with Crippen LogP contribution in [0.2, 0.25) is 10.0 Å². The van der Waals surface area contributed by atoms with Gasteiger partial charge in [-0.1, -0.05) is 77.8 Å². The molecule has 0 radical (unpaired) electrons. The van der Waals surface area contributed by atoms with Gasteiger partial charge in [-0.2, -0.15) is 0 Å². The molecule has 1 heterocycles. The van der Waals surface area contributed by atoms with Crippen LogP contribution in [0, 0.1) is 0 Å². The average molecular weight is 599 g/mol. The van der Waals surface area contributed by atoms with Crippen LogP contribution in [0.25, 0.3) is 16.8 Å². The number of amides is 2. The van der Waals surface area contributed by atoms with Gasteiger partial charge in [0.15, 0.2) is 0 Å². The fourth-order valence-electron chi connectivity index (χ4n) is 3.90. The molecule has 0 saturated carbocycles. The first-order chi connectivity index (χ1) is 17.4. The number of ether oxygens (including phenoxy) is 1. The Hall–Kier alpha value is -2.77. The molecule has 1 fully saturated rings. The minimum absolute atomic E-state index is 0.231.